The van der Waals surface area contributed by atoms with E-state index in [1.165, 1.54) is 6.07 Å². The second-order valence-corrected chi connectivity index (χ2v) is 7.47. The monoisotopic (exact) mass is 379 g/mol. The number of piperidine rings is 1. The maximum atomic E-state index is 12.3. The van der Waals surface area contributed by atoms with Crippen LogP contribution >= 0.6 is 0 Å². The highest BCUT2D eigenvalue weighted by Crippen LogP contribution is 2.15. The number of guanidine groups is 1. The topological polar surface area (TPSA) is 122 Å². The van der Waals surface area contributed by atoms with Crippen molar-refractivity contribution < 1.29 is 18.7 Å². The number of amides is 2. The fourth-order valence-electron chi connectivity index (χ4n) is 2.75. The first-order valence-corrected chi connectivity index (χ1v) is 9.01. The molecule has 27 heavy (non-hydrogen) atoms. The number of nitrogens with two attached hydrogens (primary N) is 1. The Balaban J connectivity index is 1.85. The van der Waals surface area contributed by atoms with E-state index in [4.69, 9.17) is 14.9 Å². The van der Waals surface area contributed by atoms with Crippen molar-refractivity contribution in [3.8, 4) is 0 Å². The number of ether oxygens (including phenoxy) is 1. The number of furan rings is 1. The van der Waals surface area contributed by atoms with E-state index in [2.05, 4.69) is 15.6 Å². The van der Waals surface area contributed by atoms with Gasteiger partial charge in [-0.05, 0) is 45.7 Å². The van der Waals surface area contributed by atoms with Crippen LogP contribution in [0.1, 0.15) is 49.9 Å². The molecule has 1 atom stereocenters. The van der Waals surface area contributed by atoms with Crippen LogP contribution in [0.15, 0.2) is 21.5 Å². The zero-order chi connectivity index (χ0) is 20.0. The highest BCUT2D eigenvalue weighted by atomic mass is 16.6. The number of likely N-dealkylation sites (tertiary alicyclic amines) is 1. The Hall–Kier alpha value is -2.71. The van der Waals surface area contributed by atoms with Crippen molar-refractivity contribution >= 4 is 18.0 Å². The molecular formula is C18H29N5O4. The molecule has 1 aliphatic heterocycles. The van der Waals surface area contributed by atoms with Gasteiger partial charge in [0.1, 0.15) is 11.4 Å². The molecule has 1 aromatic heterocycles. The van der Waals surface area contributed by atoms with Crippen LogP contribution in [-0.4, -0.2) is 54.6 Å². The second-order valence-electron chi connectivity index (χ2n) is 7.47. The van der Waals surface area contributed by atoms with Gasteiger partial charge < -0.3 is 30.4 Å². The van der Waals surface area contributed by atoms with E-state index in [0.29, 0.717) is 31.4 Å². The molecule has 0 saturated carbocycles. The Bertz CT molecular complexity index is 692. The largest absolute Gasteiger partial charge is 0.454 e. The normalized spacial score (nSPS) is 18.1. The van der Waals surface area contributed by atoms with Crippen LogP contribution in [-0.2, 0) is 11.3 Å². The molecule has 0 bridgehead atoms. The van der Waals surface area contributed by atoms with Gasteiger partial charge in [-0.15, -0.1) is 0 Å². The Kier molecular flexibility index (Phi) is 6.70. The average Bonchev–Trinajstić information content (AvgIpc) is 3.06. The van der Waals surface area contributed by atoms with Crippen LogP contribution in [0.4, 0.5) is 4.79 Å². The number of aliphatic imine (C=N–C) groups is 1. The number of nitrogens with zero attached hydrogens (tertiary/aromatic N) is 2. The number of primary amides is 1. The van der Waals surface area contributed by atoms with E-state index >= 15 is 0 Å². The van der Waals surface area contributed by atoms with Crippen molar-refractivity contribution in [2.24, 2.45) is 10.7 Å². The highest BCUT2D eigenvalue weighted by molar-refractivity contribution is 5.89. The lowest BCUT2D eigenvalue weighted by molar-refractivity contribution is 0.0193. The van der Waals surface area contributed by atoms with E-state index < -0.39 is 11.5 Å². The van der Waals surface area contributed by atoms with Gasteiger partial charge in [0.25, 0.3) is 5.91 Å². The predicted molar refractivity (Wildman–Crippen MR) is 101 cm³/mol. The Morgan fingerprint density at radius 1 is 1.41 bits per heavy atom. The van der Waals surface area contributed by atoms with Gasteiger partial charge in [-0.1, -0.05) is 0 Å². The number of nitrogens with one attached hydrogen (secondary N) is 2. The van der Waals surface area contributed by atoms with E-state index in [-0.39, 0.29) is 17.9 Å². The Morgan fingerprint density at radius 3 is 2.74 bits per heavy atom. The van der Waals surface area contributed by atoms with Crippen LogP contribution in [0.2, 0.25) is 0 Å². The third kappa shape index (κ3) is 6.50. The SMILES string of the molecule is CN=C(NCc1ccc(C(N)=O)o1)NC1CCCN(C(=O)OC(C)(C)C)C1. The quantitative estimate of drug-likeness (QED) is 0.537. The average molecular weight is 379 g/mol. The molecule has 1 aromatic rings. The van der Waals surface area contributed by atoms with E-state index in [9.17, 15) is 9.59 Å². The first-order chi connectivity index (χ1) is 12.7. The Labute approximate surface area is 159 Å². The van der Waals surface area contributed by atoms with E-state index in [0.717, 1.165) is 12.8 Å². The van der Waals surface area contributed by atoms with Crippen molar-refractivity contribution in [1.82, 2.24) is 15.5 Å². The standard InChI is InChI=1S/C18H29N5O4/c1-18(2,3)27-17(25)23-9-5-6-12(11-23)22-16(20-4)21-10-13-7-8-14(26-13)15(19)24/h7-8,12H,5-6,9-11H2,1-4H3,(H2,19,24)(H2,20,21,22). The summed E-state index contributed by atoms with van der Waals surface area (Å²) in [5.74, 6) is 0.678. The molecule has 1 unspecified atom stereocenters. The van der Waals surface area contributed by atoms with Crippen molar-refractivity contribution in [2.45, 2.75) is 51.8 Å². The van der Waals surface area contributed by atoms with Gasteiger partial charge in [0.15, 0.2) is 11.7 Å². The number of hydrogen-bond donors (Lipinski definition) is 3. The molecule has 1 saturated heterocycles. The number of hydrogen-bond acceptors (Lipinski definition) is 5. The lowest BCUT2D eigenvalue weighted by atomic mass is 10.1. The highest BCUT2D eigenvalue weighted by Gasteiger charge is 2.28. The first kappa shape index (κ1) is 20.6. The lowest BCUT2D eigenvalue weighted by Crippen LogP contribution is -2.53. The van der Waals surface area contributed by atoms with Crippen molar-refractivity contribution in [1.29, 1.82) is 0 Å². The van der Waals surface area contributed by atoms with Gasteiger partial charge in [0.05, 0.1) is 6.54 Å². The molecule has 150 valence electrons. The minimum Gasteiger partial charge on any atom is -0.454 e. The molecule has 9 heteroatoms. The number of rotatable bonds is 4. The summed E-state index contributed by atoms with van der Waals surface area (Å²) in [5.41, 5.74) is 4.66. The third-order valence-electron chi connectivity index (χ3n) is 3.97. The predicted octanol–water partition coefficient (Wildman–Crippen LogP) is 1.44. The van der Waals surface area contributed by atoms with Crippen LogP contribution in [0.25, 0.3) is 0 Å². The van der Waals surface area contributed by atoms with E-state index in [1.807, 2.05) is 20.8 Å². The summed E-state index contributed by atoms with van der Waals surface area (Å²) in [6.07, 6.45) is 1.51. The minimum atomic E-state index is -0.604. The van der Waals surface area contributed by atoms with Crippen molar-refractivity contribution in [2.75, 3.05) is 20.1 Å². The van der Waals surface area contributed by atoms with Gasteiger partial charge in [0.2, 0.25) is 0 Å². The van der Waals surface area contributed by atoms with E-state index in [1.54, 1.807) is 18.0 Å². The zero-order valence-corrected chi connectivity index (χ0v) is 16.4. The van der Waals surface area contributed by atoms with Gasteiger partial charge in [-0.25, -0.2) is 4.79 Å². The van der Waals surface area contributed by atoms with Gasteiger partial charge in [-0.2, -0.15) is 0 Å². The number of carbonyl (C=O) groups excluding carboxylic acids is 2. The zero-order valence-electron chi connectivity index (χ0n) is 16.4. The second kappa shape index (κ2) is 8.79. The summed E-state index contributed by atoms with van der Waals surface area (Å²) < 4.78 is 10.8. The van der Waals surface area contributed by atoms with Gasteiger partial charge >= 0.3 is 6.09 Å². The molecule has 0 radical (unpaired) electrons. The minimum absolute atomic E-state index is 0.0650. The van der Waals surface area contributed by atoms with Crippen LogP contribution < -0.4 is 16.4 Å². The fraction of sp³-hybridized carbons (Fsp3) is 0.611. The molecule has 1 aliphatic rings. The molecule has 2 rings (SSSR count). The number of carbonyl (C=O) groups is 2. The molecule has 0 aromatic carbocycles. The van der Waals surface area contributed by atoms with Gasteiger partial charge in [-0.3, -0.25) is 9.79 Å². The molecule has 1 fully saturated rings. The van der Waals surface area contributed by atoms with Gasteiger partial charge in [0, 0.05) is 26.2 Å². The Morgan fingerprint density at radius 2 is 2.15 bits per heavy atom. The molecule has 4 N–H and O–H groups in total. The fourth-order valence-corrected chi connectivity index (χ4v) is 2.75. The molecule has 2 heterocycles. The van der Waals surface area contributed by atoms with Crippen molar-refractivity contribution in [3.05, 3.63) is 23.7 Å². The summed E-state index contributed by atoms with van der Waals surface area (Å²) >= 11 is 0. The van der Waals surface area contributed by atoms with Crippen molar-refractivity contribution in [3.63, 3.8) is 0 Å². The lowest BCUT2D eigenvalue weighted by Gasteiger charge is -2.35. The molecule has 0 aliphatic carbocycles. The third-order valence-corrected chi connectivity index (χ3v) is 3.97. The molecule has 2 amide bonds. The summed E-state index contributed by atoms with van der Waals surface area (Å²) in [7, 11) is 1.67. The maximum absolute atomic E-state index is 12.3. The van der Waals surface area contributed by atoms with Crippen LogP contribution in [0.5, 0.6) is 0 Å². The molecule has 9 nitrogen and oxygen atoms in total. The maximum Gasteiger partial charge on any atom is 0.410 e. The molecular weight excluding hydrogens is 350 g/mol. The summed E-state index contributed by atoms with van der Waals surface area (Å²) in [6.45, 7) is 7.15. The summed E-state index contributed by atoms with van der Waals surface area (Å²) in [5, 5.41) is 6.44. The summed E-state index contributed by atoms with van der Waals surface area (Å²) in [4.78, 5) is 29.2. The summed E-state index contributed by atoms with van der Waals surface area (Å²) in [6, 6.07) is 3.29. The first-order valence-electron chi connectivity index (χ1n) is 9.01. The molecule has 0 spiro atoms. The van der Waals surface area contributed by atoms with Crippen LogP contribution in [0.3, 0.4) is 0 Å². The van der Waals surface area contributed by atoms with Crippen LogP contribution in [0, 0.1) is 0 Å². The smallest absolute Gasteiger partial charge is 0.410 e.